The summed E-state index contributed by atoms with van der Waals surface area (Å²) in [6, 6.07) is 18.7. The van der Waals surface area contributed by atoms with Gasteiger partial charge in [-0.15, -0.1) is 0 Å². The highest BCUT2D eigenvalue weighted by Crippen LogP contribution is 2.51. The van der Waals surface area contributed by atoms with Crippen molar-refractivity contribution in [2.75, 3.05) is 6.61 Å². The molecule has 6 rings (SSSR count). The summed E-state index contributed by atoms with van der Waals surface area (Å²) in [6.45, 7) is 3.52. The number of hydrogen-bond donors (Lipinski definition) is 2. The zero-order valence-corrected chi connectivity index (χ0v) is 19.2. The van der Waals surface area contributed by atoms with Crippen molar-refractivity contribution in [3.8, 4) is 11.5 Å². The number of carbonyl (C=O) groups is 1. The van der Waals surface area contributed by atoms with Gasteiger partial charge in [0.25, 0.3) is 0 Å². The first-order valence-corrected chi connectivity index (χ1v) is 11.4. The second kappa shape index (κ2) is 7.61. The molecule has 3 aromatic carbocycles. The van der Waals surface area contributed by atoms with Gasteiger partial charge in [0, 0.05) is 45.4 Å². The third kappa shape index (κ3) is 2.90. The van der Waals surface area contributed by atoms with E-state index in [9.17, 15) is 15.0 Å². The Morgan fingerprint density at radius 3 is 1.89 bits per heavy atom. The first-order valence-electron chi connectivity index (χ1n) is 11.4. The van der Waals surface area contributed by atoms with Crippen LogP contribution in [-0.4, -0.2) is 32.6 Å². The highest BCUT2D eigenvalue weighted by atomic mass is 16.5. The molecule has 6 heteroatoms. The zero-order valence-electron chi connectivity index (χ0n) is 19.2. The van der Waals surface area contributed by atoms with Gasteiger partial charge in [-0.3, -0.25) is 14.8 Å². The summed E-state index contributed by atoms with van der Waals surface area (Å²) in [5, 5.41) is 23.1. The first kappa shape index (κ1) is 21.3. The maximum absolute atomic E-state index is 13.0. The fourth-order valence-electron chi connectivity index (χ4n) is 5.26. The normalized spacial score (nSPS) is 14.9. The standard InChI is InChI=1S/C29H22N2O4/c1-16-13-22(19-8-5-11-30-25(19)27(16)33)29(21-10-4-3-7-18(21)24(32)15-35-29)23-14-17(2)28(34)26-20(23)9-6-12-31-26/h3-14,33-34H,15H2,1-2H3. The first-order chi connectivity index (χ1) is 16.9. The number of aromatic hydroxyl groups is 2. The lowest BCUT2D eigenvalue weighted by Gasteiger charge is -2.41. The summed E-state index contributed by atoms with van der Waals surface area (Å²) in [7, 11) is 0. The molecule has 2 N–H and O–H groups in total. The van der Waals surface area contributed by atoms with Crippen LogP contribution in [-0.2, 0) is 10.3 Å². The van der Waals surface area contributed by atoms with Crippen LogP contribution < -0.4 is 0 Å². The minimum Gasteiger partial charge on any atom is -0.505 e. The average molecular weight is 463 g/mol. The summed E-state index contributed by atoms with van der Waals surface area (Å²) in [4.78, 5) is 21.9. The summed E-state index contributed by atoms with van der Waals surface area (Å²) >= 11 is 0. The lowest BCUT2D eigenvalue weighted by atomic mass is 9.73. The Kier molecular flexibility index (Phi) is 4.62. The van der Waals surface area contributed by atoms with E-state index in [1.807, 2.05) is 74.5 Å². The number of ether oxygens (including phenoxy) is 1. The number of phenolic OH excluding ortho intramolecular Hbond substituents is 2. The number of pyridine rings is 2. The third-order valence-electron chi connectivity index (χ3n) is 6.90. The average Bonchev–Trinajstić information content (AvgIpc) is 2.89. The molecule has 0 saturated heterocycles. The second-order valence-corrected chi connectivity index (χ2v) is 8.92. The van der Waals surface area contributed by atoms with Crippen molar-refractivity contribution >= 4 is 27.6 Å². The van der Waals surface area contributed by atoms with Crippen LogP contribution in [0.15, 0.2) is 73.1 Å². The molecule has 0 spiro atoms. The lowest BCUT2D eigenvalue weighted by molar-refractivity contribution is 0.00896. The van der Waals surface area contributed by atoms with Crippen molar-refractivity contribution in [1.82, 2.24) is 9.97 Å². The molecule has 1 aliphatic heterocycles. The van der Waals surface area contributed by atoms with E-state index in [0.717, 1.165) is 11.1 Å². The molecule has 0 unspecified atom stereocenters. The fraction of sp³-hybridized carbons (Fsp3) is 0.138. The number of nitrogens with zero attached hydrogens (tertiary/aromatic N) is 2. The molecular weight excluding hydrogens is 440 g/mol. The summed E-state index contributed by atoms with van der Waals surface area (Å²) in [6.07, 6.45) is 3.28. The van der Waals surface area contributed by atoms with E-state index in [0.29, 0.717) is 44.1 Å². The molecule has 5 aromatic rings. The molecule has 0 saturated carbocycles. The Balaban J connectivity index is 1.86. The van der Waals surface area contributed by atoms with Gasteiger partial charge < -0.3 is 14.9 Å². The van der Waals surface area contributed by atoms with Gasteiger partial charge in [-0.05, 0) is 49.2 Å². The molecule has 0 bridgehead atoms. The smallest absolute Gasteiger partial charge is 0.188 e. The highest BCUT2D eigenvalue weighted by Gasteiger charge is 2.46. The van der Waals surface area contributed by atoms with Crippen molar-refractivity contribution in [3.63, 3.8) is 0 Å². The molecule has 0 amide bonds. The van der Waals surface area contributed by atoms with Crippen molar-refractivity contribution in [2.45, 2.75) is 19.4 Å². The third-order valence-corrected chi connectivity index (χ3v) is 6.90. The van der Waals surface area contributed by atoms with Crippen molar-refractivity contribution in [2.24, 2.45) is 0 Å². The van der Waals surface area contributed by atoms with E-state index in [1.54, 1.807) is 12.4 Å². The molecule has 2 aromatic heterocycles. The van der Waals surface area contributed by atoms with Crippen LogP contribution in [0.5, 0.6) is 11.5 Å². The Morgan fingerprint density at radius 1 is 0.771 bits per heavy atom. The van der Waals surface area contributed by atoms with Gasteiger partial charge in [0.05, 0.1) is 0 Å². The monoisotopic (exact) mass is 462 g/mol. The van der Waals surface area contributed by atoms with Crippen LogP contribution in [0.25, 0.3) is 21.8 Å². The lowest BCUT2D eigenvalue weighted by Crippen LogP contribution is -2.41. The fourth-order valence-corrected chi connectivity index (χ4v) is 5.26. The number of ketones is 1. The van der Waals surface area contributed by atoms with E-state index < -0.39 is 5.60 Å². The number of aromatic nitrogens is 2. The van der Waals surface area contributed by atoms with Gasteiger partial charge in [-0.1, -0.05) is 36.4 Å². The number of Topliss-reactive ketones (excluding diaryl/α,β-unsaturated/α-hetero) is 1. The van der Waals surface area contributed by atoms with Crippen molar-refractivity contribution in [3.05, 3.63) is 106 Å². The summed E-state index contributed by atoms with van der Waals surface area (Å²) in [5.41, 5.74) is 3.76. The minimum absolute atomic E-state index is 0.105. The Hall–Kier alpha value is -4.29. The molecule has 0 fully saturated rings. The van der Waals surface area contributed by atoms with Crippen LogP contribution in [0, 0.1) is 13.8 Å². The van der Waals surface area contributed by atoms with Crippen molar-refractivity contribution in [1.29, 1.82) is 0 Å². The van der Waals surface area contributed by atoms with Gasteiger partial charge in [-0.25, -0.2) is 0 Å². The maximum Gasteiger partial charge on any atom is 0.188 e. The number of fused-ring (bicyclic) bond motifs is 3. The van der Waals surface area contributed by atoms with Crippen LogP contribution >= 0.6 is 0 Å². The highest BCUT2D eigenvalue weighted by molar-refractivity contribution is 6.02. The minimum atomic E-state index is -1.22. The molecular formula is C29H22N2O4. The Labute approximate surface area is 201 Å². The molecule has 0 atom stereocenters. The molecule has 0 aliphatic carbocycles. The molecule has 1 aliphatic rings. The largest absolute Gasteiger partial charge is 0.505 e. The Bertz CT molecular complexity index is 1580. The maximum atomic E-state index is 13.0. The van der Waals surface area contributed by atoms with E-state index in [-0.39, 0.29) is 23.9 Å². The van der Waals surface area contributed by atoms with Gasteiger partial charge in [0.1, 0.15) is 34.7 Å². The van der Waals surface area contributed by atoms with Gasteiger partial charge >= 0.3 is 0 Å². The number of rotatable bonds is 2. The van der Waals surface area contributed by atoms with E-state index in [1.165, 1.54) is 0 Å². The van der Waals surface area contributed by atoms with Crippen molar-refractivity contribution < 1.29 is 19.7 Å². The van der Waals surface area contributed by atoms with Crippen LogP contribution in [0.2, 0.25) is 0 Å². The number of hydrogen-bond acceptors (Lipinski definition) is 6. The quantitative estimate of drug-likeness (QED) is 0.369. The molecule has 172 valence electrons. The van der Waals surface area contributed by atoms with Gasteiger partial charge in [-0.2, -0.15) is 0 Å². The topological polar surface area (TPSA) is 92.5 Å². The zero-order chi connectivity index (χ0) is 24.3. The number of benzene rings is 3. The van der Waals surface area contributed by atoms with Crippen LogP contribution in [0.3, 0.4) is 0 Å². The van der Waals surface area contributed by atoms with Gasteiger partial charge in [0.15, 0.2) is 5.78 Å². The number of carbonyl (C=O) groups excluding carboxylic acids is 1. The van der Waals surface area contributed by atoms with Crippen LogP contribution in [0.1, 0.15) is 38.2 Å². The summed E-state index contributed by atoms with van der Waals surface area (Å²) in [5.74, 6) is 0.105. The predicted octanol–water partition coefficient (Wildman–Crippen LogP) is 5.32. The predicted molar refractivity (Wildman–Crippen MR) is 133 cm³/mol. The molecule has 35 heavy (non-hydrogen) atoms. The molecule has 0 radical (unpaired) electrons. The Morgan fingerprint density at radius 2 is 1.31 bits per heavy atom. The second-order valence-electron chi connectivity index (χ2n) is 8.92. The van der Waals surface area contributed by atoms with Gasteiger partial charge in [0.2, 0.25) is 0 Å². The van der Waals surface area contributed by atoms with E-state index in [4.69, 9.17) is 4.74 Å². The van der Waals surface area contributed by atoms with Crippen LogP contribution in [0.4, 0.5) is 0 Å². The summed E-state index contributed by atoms with van der Waals surface area (Å²) < 4.78 is 6.61. The van der Waals surface area contributed by atoms with E-state index >= 15 is 0 Å². The molecule has 3 heterocycles. The number of aryl methyl sites for hydroxylation is 2. The molecule has 6 nitrogen and oxygen atoms in total. The van der Waals surface area contributed by atoms with E-state index in [2.05, 4.69) is 9.97 Å². The SMILES string of the molecule is Cc1cc(C2(c3cc(C)c(O)c4ncccc34)OCC(=O)c3ccccc32)c2cccnc2c1O. The number of phenols is 2.